The summed E-state index contributed by atoms with van der Waals surface area (Å²) in [5, 5.41) is 4.56. The Morgan fingerprint density at radius 1 is 1.03 bits per heavy atom. The van der Waals surface area contributed by atoms with Crippen LogP contribution in [0.15, 0.2) is 60.8 Å². The van der Waals surface area contributed by atoms with Crippen LogP contribution in [0.2, 0.25) is 0 Å². The van der Waals surface area contributed by atoms with Crippen LogP contribution in [-0.4, -0.2) is 52.9 Å². The van der Waals surface area contributed by atoms with Gasteiger partial charge in [-0.25, -0.2) is 0 Å². The Morgan fingerprint density at radius 2 is 1.73 bits per heavy atom. The Labute approximate surface area is 199 Å². The summed E-state index contributed by atoms with van der Waals surface area (Å²) in [6.45, 7) is 6.39. The molecule has 3 aromatic rings. The average molecular weight is 447 g/mol. The molecule has 33 heavy (non-hydrogen) atoms. The van der Waals surface area contributed by atoms with Crippen LogP contribution < -0.4 is 4.74 Å². The lowest BCUT2D eigenvalue weighted by Crippen LogP contribution is -2.45. The molecular weight excluding hydrogens is 408 g/mol. The van der Waals surface area contributed by atoms with Crippen molar-refractivity contribution in [3.8, 4) is 5.75 Å². The molecule has 1 aliphatic rings. The molecule has 1 atom stereocenters. The fourth-order valence-corrected chi connectivity index (χ4v) is 5.21. The molecule has 1 aliphatic heterocycles. The highest BCUT2D eigenvalue weighted by Crippen LogP contribution is 2.28. The molecule has 5 nitrogen and oxygen atoms in total. The summed E-state index contributed by atoms with van der Waals surface area (Å²) in [4.78, 5) is 5.17. The van der Waals surface area contributed by atoms with E-state index in [2.05, 4.69) is 89.7 Å². The molecule has 0 N–H and O–H groups in total. The van der Waals surface area contributed by atoms with Crippen molar-refractivity contribution in [3.63, 3.8) is 0 Å². The Balaban J connectivity index is 1.41. The Bertz CT molecular complexity index is 990. The van der Waals surface area contributed by atoms with Crippen molar-refractivity contribution in [2.75, 3.05) is 27.2 Å². The lowest BCUT2D eigenvalue weighted by atomic mass is 9.84. The quantitative estimate of drug-likeness (QED) is 0.477. The van der Waals surface area contributed by atoms with Gasteiger partial charge in [-0.3, -0.25) is 14.5 Å². The van der Waals surface area contributed by atoms with Gasteiger partial charge in [0.15, 0.2) is 0 Å². The van der Waals surface area contributed by atoms with E-state index < -0.39 is 0 Å². The van der Waals surface area contributed by atoms with E-state index in [0.717, 1.165) is 44.0 Å². The number of nitrogens with zero attached hydrogens (tertiary/aromatic N) is 4. The zero-order valence-electron chi connectivity index (χ0n) is 20.6. The average Bonchev–Trinajstić information content (AvgIpc) is 3.15. The van der Waals surface area contributed by atoms with Gasteiger partial charge in [0, 0.05) is 37.9 Å². The van der Waals surface area contributed by atoms with E-state index >= 15 is 0 Å². The van der Waals surface area contributed by atoms with Gasteiger partial charge < -0.3 is 4.74 Å². The van der Waals surface area contributed by atoms with E-state index in [9.17, 15) is 0 Å². The topological polar surface area (TPSA) is 33.5 Å². The zero-order valence-corrected chi connectivity index (χ0v) is 20.6. The number of methoxy groups -OCH3 is 1. The van der Waals surface area contributed by atoms with Gasteiger partial charge in [-0.05, 0) is 75.5 Å². The van der Waals surface area contributed by atoms with Crippen molar-refractivity contribution < 1.29 is 4.74 Å². The largest absolute Gasteiger partial charge is 0.497 e. The number of ether oxygens (including phenoxy) is 1. The summed E-state index contributed by atoms with van der Waals surface area (Å²) in [6.07, 6.45) is 5.75. The minimum atomic E-state index is 0.523. The second-order valence-corrected chi connectivity index (χ2v) is 9.55. The van der Waals surface area contributed by atoms with Crippen molar-refractivity contribution in [1.82, 2.24) is 19.6 Å². The van der Waals surface area contributed by atoms with E-state index in [-0.39, 0.29) is 0 Å². The predicted molar refractivity (Wildman–Crippen MR) is 134 cm³/mol. The Hall–Kier alpha value is -2.63. The third kappa shape index (κ3) is 6.24. The fraction of sp³-hybridized carbons (Fsp3) is 0.464. The van der Waals surface area contributed by atoms with E-state index in [1.807, 2.05) is 11.7 Å². The Kier molecular flexibility index (Phi) is 7.84. The summed E-state index contributed by atoms with van der Waals surface area (Å²) < 4.78 is 7.23. The van der Waals surface area contributed by atoms with Crippen LogP contribution in [-0.2, 0) is 26.6 Å². The molecule has 0 bridgehead atoms. The maximum absolute atomic E-state index is 5.30. The van der Waals surface area contributed by atoms with Gasteiger partial charge in [0.1, 0.15) is 5.75 Å². The first-order valence-corrected chi connectivity index (χ1v) is 12.1. The van der Waals surface area contributed by atoms with E-state index in [1.165, 1.54) is 29.5 Å². The van der Waals surface area contributed by atoms with Gasteiger partial charge in [0.05, 0.1) is 12.8 Å². The first-order chi connectivity index (χ1) is 16.0. The molecule has 1 saturated heterocycles. The van der Waals surface area contributed by atoms with E-state index in [4.69, 9.17) is 4.74 Å². The lowest BCUT2D eigenvalue weighted by Gasteiger charge is -2.40. The van der Waals surface area contributed by atoms with Crippen LogP contribution >= 0.6 is 0 Å². The lowest BCUT2D eigenvalue weighted by molar-refractivity contribution is 0.0953. The molecular formula is C28H38N4O. The van der Waals surface area contributed by atoms with Gasteiger partial charge in [-0.2, -0.15) is 5.10 Å². The number of rotatable bonds is 9. The smallest absolute Gasteiger partial charge is 0.118 e. The second kappa shape index (κ2) is 11.0. The molecule has 0 spiro atoms. The first kappa shape index (κ1) is 23.5. The summed E-state index contributed by atoms with van der Waals surface area (Å²) in [7, 11) is 6.03. The summed E-state index contributed by atoms with van der Waals surface area (Å²) in [5.74, 6) is 1.62. The highest BCUT2D eigenvalue weighted by Gasteiger charge is 2.30. The fourth-order valence-electron chi connectivity index (χ4n) is 5.21. The molecule has 1 aromatic heterocycles. The van der Waals surface area contributed by atoms with Gasteiger partial charge >= 0.3 is 0 Å². The number of aryl methyl sites for hydroxylation is 2. The van der Waals surface area contributed by atoms with Gasteiger partial charge in [-0.15, -0.1) is 0 Å². The van der Waals surface area contributed by atoms with Crippen LogP contribution in [0.25, 0.3) is 0 Å². The van der Waals surface area contributed by atoms with E-state index in [0.29, 0.717) is 12.0 Å². The molecule has 5 heteroatoms. The predicted octanol–water partition coefficient (Wildman–Crippen LogP) is 4.69. The standard InChI is InChI=1S/C28H38N4O/c1-22-26(21-31(3)29-22)20-30(2)28(18-23-8-6-5-7-9-23)25-14-16-32(17-15-25)19-24-10-12-27(33-4)13-11-24/h5-13,21,25,28H,14-20H2,1-4H3/t28-/m1/s1. The van der Waals surface area contributed by atoms with Gasteiger partial charge in [0.2, 0.25) is 0 Å². The van der Waals surface area contributed by atoms with Crippen molar-refractivity contribution >= 4 is 0 Å². The van der Waals surface area contributed by atoms with E-state index in [1.54, 1.807) is 7.11 Å². The molecule has 1 fully saturated rings. The molecule has 4 rings (SSSR count). The highest BCUT2D eigenvalue weighted by molar-refractivity contribution is 5.27. The highest BCUT2D eigenvalue weighted by atomic mass is 16.5. The molecule has 2 heterocycles. The van der Waals surface area contributed by atoms with Gasteiger partial charge in [-0.1, -0.05) is 42.5 Å². The maximum atomic E-state index is 5.30. The molecule has 0 aliphatic carbocycles. The second-order valence-electron chi connectivity index (χ2n) is 9.55. The van der Waals surface area contributed by atoms with Crippen molar-refractivity contribution in [2.24, 2.45) is 13.0 Å². The molecule has 0 radical (unpaired) electrons. The summed E-state index contributed by atoms with van der Waals surface area (Å²) >= 11 is 0. The van der Waals surface area contributed by atoms with Gasteiger partial charge in [0.25, 0.3) is 0 Å². The Morgan fingerprint density at radius 3 is 2.33 bits per heavy atom. The maximum Gasteiger partial charge on any atom is 0.118 e. The third-order valence-corrected chi connectivity index (χ3v) is 7.13. The van der Waals surface area contributed by atoms with Crippen LogP contribution in [0.4, 0.5) is 0 Å². The number of hydrogen-bond donors (Lipinski definition) is 0. The van der Waals surface area contributed by atoms with Crippen LogP contribution in [0, 0.1) is 12.8 Å². The third-order valence-electron chi connectivity index (χ3n) is 7.13. The summed E-state index contributed by atoms with van der Waals surface area (Å²) in [6, 6.07) is 20.0. The monoisotopic (exact) mass is 446 g/mol. The zero-order chi connectivity index (χ0) is 23.2. The first-order valence-electron chi connectivity index (χ1n) is 12.1. The molecule has 0 unspecified atom stereocenters. The van der Waals surface area contributed by atoms with Crippen molar-refractivity contribution in [3.05, 3.63) is 83.2 Å². The number of aromatic nitrogens is 2. The minimum Gasteiger partial charge on any atom is -0.497 e. The van der Waals surface area contributed by atoms with Crippen LogP contribution in [0.5, 0.6) is 5.75 Å². The van der Waals surface area contributed by atoms with Crippen molar-refractivity contribution in [1.29, 1.82) is 0 Å². The van der Waals surface area contributed by atoms with Crippen molar-refractivity contribution in [2.45, 2.75) is 45.3 Å². The van der Waals surface area contributed by atoms with Crippen LogP contribution in [0.1, 0.15) is 35.2 Å². The molecule has 176 valence electrons. The normalized spacial score (nSPS) is 16.3. The number of likely N-dealkylation sites (N-methyl/N-ethyl adjacent to an activating group) is 1. The number of piperidine rings is 1. The number of hydrogen-bond acceptors (Lipinski definition) is 4. The number of benzene rings is 2. The SMILES string of the molecule is COc1ccc(CN2CCC([C@@H](Cc3ccccc3)N(C)Cc3cn(C)nc3C)CC2)cc1. The molecule has 0 amide bonds. The molecule has 0 saturated carbocycles. The summed E-state index contributed by atoms with van der Waals surface area (Å²) in [5.41, 5.74) is 5.25. The number of likely N-dealkylation sites (tertiary alicyclic amines) is 1. The minimum absolute atomic E-state index is 0.523. The molecule has 2 aromatic carbocycles. The van der Waals surface area contributed by atoms with Crippen LogP contribution in [0.3, 0.4) is 0 Å².